The third kappa shape index (κ3) is 1.92. The molecule has 0 saturated carbocycles. The highest BCUT2D eigenvalue weighted by atomic mass is 32.3. The maximum atomic E-state index is 12.4. The van der Waals surface area contributed by atoms with E-state index >= 15 is 0 Å². The van der Waals surface area contributed by atoms with Crippen LogP contribution in [0.15, 0.2) is 35.7 Å². The van der Waals surface area contributed by atoms with Gasteiger partial charge in [0.25, 0.3) is 0 Å². The lowest BCUT2D eigenvalue weighted by Crippen LogP contribution is -1.91. The molecule has 0 aliphatic carbocycles. The molecule has 0 bridgehead atoms. The van der Waals surface area contributed by atoms with Crippen LogP contribution in [-0.4, -0.2) is 8.42 Å². The molecule has 0 fully saturated rings. The third-order valence-corrected chi connectivity index (χ3v) is 2.19. The fourth-order valence-corrected chi connectivity index (χ4v) is 1.31. The van der Waals surface area contributed by atoms with Gasteiger partial charge in [0.2, 0.25) is 0 Å². The van der Waals surface area contributed by atoms with Gasteiger partial charge in [0, 0.05) is 0 Å². The van der Waals surface area contributed by atoms with Crippen molar-refractivity contribution >= 4 is 16.3 Å². The molecule has 0 amide bonds. The molecular weight excluding hydrogens is 179 g/mol. The first-order valence-corrected chi connectivity index (χ1v) is 4.59. The highest BCUT2D eigenvalue weighted by molar-refractivity contribution is 7.86. The van der Waals surface area contributed by atoms with Crippen LogP contribution in [0.25, 0.3) is 6.08 Å². The van der Waals surface area contributed by atoms with Gasteiger partial charge < -0.3 is 0 Å². The number of benzene rings is 1. The zero-order chi connectivity index (χ0) is 9.19. The minimum absolute atomic E-state index is 0.333. The second kappa shape index (κ2) is 3.06. The molecule has 4 heteroatoms. The number of hydrogen-bond acceptors (Lipinski definition) is 2. The van der Waals surface area contributed by atoms with E-state index in [1.54, 1.807) is 6.07 Å². The molecule has 0 N–H and O–H groups in total. The Morgan fingerprint density at radius 1 is 1.42 bits per heavy atom. The molecule has 1 aromatic carbocycles. The van der Waals surface area contributed by atoms with Gasteiger partial charge in [-0.15, -0.1) is 3.89 Å². The standard InChI is InChI=1S/C8H7FO2S/c1-2-7-4-3-5-8(6-7)12(9,10)11/h2-6H,1H2. The van der Waals surface area contributed by atoms with Crippen LogP contribution in [0.4, 0.5) is 3.89 Å². The first kappa shape index (κ1) is 8.93. The molecule has 2 nitrogen and oxygen atoms in total. The summed E-state index contributed by atoms with van der Waals surface area (Å²) >= 11 is 0. The van der Waals surface area contributed by atoms with Gasteiger partial charge >= 0.3 is 10.2 Å². The number of rotatable bonds is 2. The molecule has 0 aliphatic heterocycles. The summed E-state index contributed by atoms with van der Waals surface area (Å²) in [6.45, 7) is 3.44. The van der Waals surface area contributed by atoms with E-state index in [9.17, 15) is 12.3 Å². The summed E-state index contributed by atoms with van der Waals surface area (Å²) in [6.07, 6.45) is 1.45. The highest BCUT2D eigenvalue weighted by Crippen LogP contribution is 2.14. The quantitative estimate of drug-likeness (QED) is 0.662. The van der Waals surface area contributed by atoms with Crippen molar-refractivity contribution in [1.82, 2.24) is 0 Å². The van der Waals surface area contributed by atoms with Gasteiger partial charge in [-0.05, 0) is 17.7 Å². The third-order valence-electron chi connectivity index (χ3n) is 1.38. The van der Waals surface area contributed by atoms with Crippen LogP contribution in [-0.2, 0) is 10.2 Å². The van der Waals surface area contributed by atoms with Gasteiger partial charge in [0.15, 0.2) is 0 Å². The lowest BCUT2D eigenvalue weighted by atomic mass is 10.2. The fourth-order valence-electron chi connectivity index (χ4n) is 0.793. The van der Waals surface area contributed by atoms with Gasteiger partial charge in [-0.3, -0.25) is 0 Å². The fraction of sp³-hybridized carbons (Fsp3) is 0. The van der Waals surface area contributed by atoms with Crippen LogP contribution in [0.1, 0.15) is 5.56 Å². The molecule has 0 aliphatic rings. The van der Waals surface area contributed by atoms with Crippen molar-refractivity contribution in [2.75, 3.05) is 0 Å². The Kier molecular flexibility index (Phi) is 2.28. The Morgan fingerprint density at radius 3 is 2.58 bits per heavy atom. The summed E-state index contributed by atoms with van der Waals surface area (Å²) in [5.74, 6) is 0. The average molecular weight is 186 g/mol. The SMILES string of the molecule is C=Cc1cccc(S(=O)(=O)F)c1. The predicted octanol–water partition coefficient (Wildman–Crippen LogP) is 1.99. The summed E-state index contributed by atoms with van der Waals surface area (Å²) in [5, 5.41) is 0. The van der Waals surface area contributed by atoms with Crippen molar-refractivity contribution in [1.29, 1.82) is 0 Å². The molecule has 0 heterocycles. The molecule has 0 aromatic heterocycles. The minimum atomic E-state index is -4.58. The lowest BCUT2D eigenvalue weighted by Gasteiger charge is -1.95. The molecule has 0 radical (unpaired) electrons. The Labute approximate surface area is 70.6 Å². The van der Waals surface area contributed by atoms with E-state index in [2.05, 4.69) is 6.58 Å². The van der Waals surface area contributed by atoms with Gasteiger partial charge in [0.05, 0.1) is 4.90 Å². The average Bonchev–Trinajstić information content (AvgIpc) is 2.03. The monoisotopic (exact) mass is 186 g/mol. The van der Waals surface area contributed by atoms with Crippen molar-refractivity contribution in [2.24, 2.45) is 0 Å². The van der Waals surface area contributed by atoms with E-state index in [1.807, 2.05) is 0 Å². The summed E-state index contributed by atoms with van der Waals surface area (Å²) in [4.78, 5) is -0.333. The van der Waals surface area contributed by atoms with E-state index < -0.39 is 10.2 Å². The van der Waals surface area contributed by atoms with Crippen molar-refractivity contribution in [3.8, 4) is 0 Å². The van der Waals surface area contributed by atoms with Crippen molar-refractivity contribution in [3.63, 3.8) is 0 Å². The number of hydrogen-bond donors (Lipinski definition) is 0. The molecule has 64 valence electrons. The Bertz CT molecular complexity index is 395. The number of halogens is 1. The maximum Gasteiger partial charge on any atom is 0.332 e. The Hall–Kier alpha value is -1.16. The first-order chi connectivity index (χ1) is 5.54. The largest absolute Gasteiger partial charge is 0.332 e. The van der Waals surface area contributed by atoms with Crippen LogP contribution in [0, 0.1) is 0 Å². The van der Waals surface area contributed by atoms with Gasteiger partial charge in [-0.1, -0.05) is 24.8 Å². The van der Waals surface area contributed by atoms with E-state index in [-0.39, 0.29) is 4.90 Å². The second-order valence-corrected chi connectivity index (χ2v) is 3.56. The zero-order valence-electron chi connectivity index (χ0n) is 6.20. The summed E-state index contributed by atoms with van der Waals surface area (Å²) < 4.78 is 33.2. The second-order valence-electron chi connectivity index (χ2n) is 2.21. The summed E-state index contributed by atoms with van der Waals surface area (Å²) in [5.41, 5.74) is 0.578. The summed E-state index contributed by atoms with van der Waals surface area (Å²) in [6, 6.07) is 5.52. The molecule has 1 rings (SSSR count). The molecule has 0 saturated heterocycles. The smallest absolute Gasteiger partial charge is 0.189 e. The van der Waals surface area contributed by atoms with Gasteiger partial charge in [-0.25, -0.2) is 0 Å². The molecule has 12 heavy (non-hydrogen) atoms. The van der Waals surface area contributed by atoms with Gasteiger partial charge in [-0.2, -0.15) is 8.42 Å². The van der Waals surface area contributed by atoms with Crippen molar-refractivity contribution < 1.29 is 12.3 Å². The van der Waals surface area contributed by atoms with Gasteiger partial charge in [0.1, 0.15) is 0 Å². The van der Waals surface area contributed by atoms with Crippen molar-refractivity contribution in [2.45, 2.75) is 4.90 Å². The predicted molar refractivity (Wildman–Crippen MR) is 44.8 cm³/mol. The van der Waals surface area contributed by atoms with Crippen LogP contribution in [0.2, 0.25) is 0 Å². The van der Waals surface area contributed by atoms with Crippen molar-refractivity contribution in [3.05, 3.63) is 36.4 Å². The Balaban J connectivity index is 3.29. The molecule has 0 spiro atoms. The normalized spacial score (nSPS) is 11.1. The van der Waals surface area contributed by atoms with Crippen LogP contribution < -0.4 is 0 Å². The first-order valence-electron chi connectivity index (χ1n) is 3.21. The topological polar surface area (TPSA) is 34.1 Å². The lowest BCUT2D eigenvalue weighted by molar-refractivity contribution is 0.552. The Morgan fingerprint density at radius 2 is 2.08 bits per heavy atom. The van der Waals surface area contributed by atoms with Crippen LogP contribution >= 0.6 is 0 Å². The molecule has 0 unspecified atom stereocenters. The van der Waals surface area contributed by atoms with Crippen LogP contribution in [0.3, 0.4) is 0 Å². The zero-order valence-corrected chi connectivity index (χ0v) is 7.01. The van der Waals surface area contributed by atoms with E-state index in [0.29, 0.717) is 5.56 Å². The molecule has 0 atom stereocenters. The van der Waals surface area contributed by atoms with Crippen LogP contribution in [0.5, 0.6) is 0 Å². The van der Waals surface area contributed by atoms with E-state index in [4.69, 9.17) is 0 Å². The molecule has 1 aromatic rings. The minimum Gasteiger partial charge on any atom is -0.189 e. The highest BCUT2D eigenvalue weighted by Gasteiger charge is 2.10. The maximum absolute atomic E-state index is 12.4. The van der Waals surface area contributed by atoms with E-state index in [1.165, 1.54) is 24.3 Å². The molecular formula is C8H7FO2S. The van der Waals surface area contributed by atoms with E-state index in [0.717, 1.165) is 0 Å². The summed E-state index contributed by atoms with van der Waals surface area (Å²) in [7, 11) is -4.58.